The van der Waals surface area contributed by atoms with E-state index in [1.165, 1.54) is 29.5 Å². The molecule has 0 radical (unpaired) electrons. The van der Waals surface area contributed by atoms with Crippen molar-refractivity contribution in [2.45, 2.75) is 26.1 Å². The van der Waals surface area contributed by atoms with Gasteiger partial charge in [0.1, 0.15) is 11.3 Å². The zero-order chi connectivity index (χ0) is 28.8. The first kappa shape index (κ1) is 28.8. The Balaban J connectivity index is 1.86. The molecule has 0 saturated heterocycles. The SMILES string of the molecule is COP1(=O)N=C(c2c(O)c(-c3cccs3)nn(CCC(C)C(F)(F)F)c2=O)Nc2ccc(NS(C)(=O)=O)cc21. The number of amidine groups is 1. The molecule has 0 spiro atoms. The molecule has 1 aliphatic heterocycles. The number of alkyl halides is 3. The zero-order valence-corrected chi connectivity index (χ0v) is 23.2. The van der Waals surface area contributed by atoms with Crippen LogP contribution >= 0.6 is 18.9 Å². The molecule has 39 heavy (non-hydrogen) atoms. The molecule has 1 aliphatic rings. The van der Waals surface area contributed by atoms with Gasteiger partial charge in [-0.1, -0.05) is 13.0 Å². The van der Waals surface area contributed by atoms with E-state index in [9.17, 15) is 36.1 Å². The fourth-order valence-electron chi connectivity index (χ4n) is 3.72. The van der Waals surface area contributed by atoms with E-state index in [0.29, 0.717) is 4.88 Å². The fraction of sp³-hybridized carbons (Fsp3) is 0.318. The molecular formula is C22H23F3N5O6PS2. The normalized spacial score (nSPS) is 18.2. The molecule has 0 bridgehead atoms. The Morgan fingerprint density at radius 2 is 2.03 bits per heavy atom. The number of thiophene rings is 1. The van der Waals surface area contributed by atoms with E-state index >= 15 is 0 Å². The van der Waals surface area contributed by atoms with Crippen molar-refractivity contribution in [1.82, 2.24) is 9.78 Å². The molecule has 210 valence electrons. The van der Waals surface area contributed by atoms with Gasteiger partial charge in [0, 0.05) is 19.3 Å². The number of aromatic nitrogens is 2. The van der Waals surface area contributed by atoms with Gasteiger partial charge in [-0.05, 0) is 36.1 Å². The Morgan fingerprint density at radius 1 is 1.31 bits per heavy atom. The van der Waals surface area contributed by atoms with Gasteiger partial charge in [0.05, 0.1) is 28.0 Å². The monoisotopic (exact) mass is 605 g/mol. The summed E-state index contributed by atoms with van der Waals surface area (Å²) in [4.78, 5) is 13.9. The van der Waals surface area contributed by atoms with Gasteiger partial charge in [-0.2, -0.15) is 23.0 Å². The molecule has 3 aromatic rings. The van der Waals surface area contributed by atoms with Crippen molar-refractivity contribution >= 4 is 51.4 Å². The van der Waals surface area contributed by atoms with E-state index in [2.05, 4.69) is 19.9 Å². The number of rotatable bonds is 8. The van der Waals surface area contributed by atoms with Crippen molar-refractivity contribution in [3.05, 3.63) is 51.6 Å². The number of nitrogens with zero attached hydrogens (tertiary/aromatic N) is 3. The molecule has 0 amide bonds. The first-order valence-corrected chi connectivity index (χ1v) is 15.6. The Labute approximate surface area is 224 Å². The molecule has 4 rings (SSSR count). The van der Waals surface area contributed by atoms with Crippen molar-refractivity contribution in [2.75, 3.05) is 23.4 Å². The minimum Gasteiger partial charge on any atom is -0.505 e. The summed E-state index contributed by atoms with van der Waals surface area (Å²) < 4.78 is 88.7. The molecule has 0 aliphatic carbocycles. The minimum atomic E-state index is -4.48. The highest BCUT2D eigenvalue weighted by atomic mass is 32.2. The number of anilines is 2. The number of aryl methyl sites for hydroxylation is 1. The first-order valence-electron chi connectivity index (χ1n) is 11.2. The predicted molar refractivity (Wildman–Crippen MR) is 143 cm³/mol. The van der Waals surface area contributed by atoms with E-state index in [1.54, 1.807) is 17.5 Å². The number of halogens is 3. The lowest BCUT2D eigenvalue weighted by Crippen LogP contribution is -2.35. The average molecular weight is 606 g/mol. The van der Waals surface area contributed by atoms with Gasteiger partial charge in [-0.15, -0.1) is 11.3 Å². The Kier molecular flexibility index (Phi) is 7.69. The third-order valence-electron chi connectivity index (χ3n) is 5.79. The van der Waals surface area contributed by atoms with Crippen LogP contribution in [0.5, 0.6) is 5.75 Å². The highest BCUT2D eigenvalue weighted by Crippen LogP contribution is 2.52. The molecule has 0 saturated carbocycles. The molecule has 17 heteroatoms. The summed E-state index contributed by atoms with van der Waals surface area (Å²) in [5.74, 6) is -2.69. The molecule has 2 aromatic heterocycles. The largest absolute Gasteiger partial charge is 0.505 e. The Morgan fingerprint density at radius 3 is 2.62 bits per heavy atom. The third kappa shape index (κ3) is 6.03. The number of sulfonamides is 1. The highest BCUT2D eigenvalue weighted by molar-refractivity contribution is 7.92. The fourth-order valence-corrected chi connectivity index (χ4v) is 6.53. The first-order chi connectivity index (χ1) is 18.1. The molecule has 0 fully saturated rings. The number of fused-ring (bicyclic) bond motifs is 1. The van der Waals surface area contributed by atoms with E-state index in [4.69, 9.17) is 4.52 Å². The van der Waals surface area contributed by atoms with Crippen molar-refractivity contribution in [1.29, 1.82) is 0 Å². The van der Waals surface area contributed by atoms with E-state index in [0.717, 1.165) is 25.0 Å². The van der Waals surface area contributed by atoms with Crippen LogP contribution in [0.25, 0.3) is 10.6 Å². The number of benzene rings is 1. The predicted octanol–water partition coefficient (Wildman–Crippen LogP) is 3.97. The van der Waals surface area contributed by atoms with Crippen molar-refractivity contribution in [2.24, 2.45) is 10.7 Å². The average Bonchev–Trinajstić information content (AvgIpc) is 3.37. The summed E-state index contributed by atoms with van der Waals surface area (Å²) in [6.45, 7) is 0.565. The Hall–Kier alpha value is -3.20. The number of hydrogen-bond acceptors (Lipinski definition) is 9. The number of aromatic hydroxyl groups is 1. The van der Waals surface area contributed by atoms with Crippen molar-refractivity contribution in [3.63, 3.8) is 0 Å². The highest BCUT2D eigenvalue weighted by Gasteiger charge is 2.37. The Bertz CT molecular complexity index is 1660. The molecule has 2 unspecified atom stereocenters. The lowest BCUT2D eigenvalue weighted by molar-refractivity contribution is -0.171. The number of hydrogen-bond donors (Lipinski definition) is 3. The lowest BCUT2D eigenvalue weighted by Gasteiger charge is -2.25. The van der Waals surface area contributed by atoms with Gasteiger partial charge in [0.25, 0.3) is 5.56 Å². The topological polar surface area (TPSA) is 152 Å². The second kappa shape index (κ2) is 10.4. The molecule has 3 heterocycles. The summed E-state index contributed by atoms with van der Waals surface area (Å²) in [7, 11) is -6.67. The van der Waals surface area contributed by atoms with Crippen LogP contribution in [0, 0.1) is 5.92 Å². The standard InChI is InChI=1S/C22H23F3N5O6PS2/c1-12(22(23,24)25)8-9-30-21(32)17(19(31)18(27-30)16-5-4-10-38-16)20-26-14-7-6-13(29-39(3,34)35)11-15(14)37(33,28-20)36-2/h4-7,10-12,29,31H,8-9H2,1-3H3,(H,26,28,33). The van der Waals surface area contributed by atoms with E-state index in [1.807, 2.05) is 0 Å². The maximum atomic E-state index is 13.7. The van der Waals surface area contributed by atoms with Crippen LogP contribution in [-0.2, 0) is 25.7 Å². The summed E-state index contributed by atoms with van der Waals surface area (Å²) in [6.07, 6.45) is -4.00. The molecule has 2 atom stereocenters. The lowest BCUT2D eigenvalue weighted by atomic mass is 10.1. The van der Waals surface area contributed by atoms with Crippen LogP contribution in [0.1, 0.15) is 18.9 Å². The number of nitrogens with one attached hydrogen (secondary N) is 2. The molecule has 1 aromatic carbocycles. The van der Waals surface area contributed by atoms with Crippen LogP contribution in [0.3, 0.4) is 0 Å². The van der Waals surface area contributed by atoms with Gasteiger partial charge in [0.2, 0.25) is 10.0 Å². The smallest absolute Gasteiger partial charge is 0.391 e. The van der Waals surface area contributed by atoms with Gasteiger partial charge in [-0.25, -0.2) is 13.1 Å². The van der Waals surface area contributed by atoms with E-state index in [-0.39, 0.29) is 28.2 Å². The summed E-state index contributed by atoms with van der Waals surface area (Å²) in [5.41, 5.74) is -1.27. The summed E-state index contributed by atoms with van der Waals surface area (Å²) >= 11 is 1.17. The van der Waals surface area contributed by atoms with Crippen LogP contribution < -0.4 is 20.9 Å². The minimum absolute atomic E-state index is 0.00578. The van der Waals surface area contributed by atoms with Gasteiger partial charge in [0.15, 0.2) is 11.6 Å². The van der Waals surface area contributed by atoms with Crippen molar-refractivity contribution in [3.8, 4) is 16.3 Å². The molecule has 11 nitrogen and oxygen atoms in total. The maximum absolute atomic E-state index is 13.7. The maximum Gasteiger partial charge on any atom is 0.391 e. The summed E-state index contributed by atoms with van der Waals surface area (Å²) in [6, 6.07) is 7.27. The van der Waals surface area contributed by atoms with Gasteiger partial charge in [-0.3, -0.25) is 14.1 Å². The molecule has 3 N–H and O–H groups in total. The van der Waals surface area contributed by atoms with Crippen LogP contribution in [0.2, 0.25) is 0 Å². The summed E-state index contributed by atoms with van der Waals surface area (Å²) in [5, 5.41) is 19.7. The quantitative estimate of drug-likeness (QED) is 0.326. The van der Waals surface area contributed by atoms with Gasteiger partial charge < -0.3 is 14.9 Å². The third-order valence-corrected chi connectivity index (χ3v) is 9.21. The van der Waals surface area contributed by atoms with Crippen LogP contribution in [0.15, 0.2) is 45.3 Å². The van der Waals surface area contributed by atoms with Crippen LogP contribution in [-0.4, -0.2) is 48.7 Å². The zero-order valence-electron chi connectivity index (χ0n) is 20.7. The second-order valence-electron chi connectivity index (χ2n) is 8.69. The second-order valence-corrected chi connectivity index (χ2v) is 13.5. The molecular weight excluding hydrogens is 582 g/mol. The van der Waals surface area contributed by atoms with E-state index < -0.39 is 59.5 Å². The van der Waals surface area contributed by atoms with Gasteiger partial charge >= 0.3 is 13.7 Å². The van der Waals surface area contributed by atoms with Crippen LogP contribution in [0.4, 0.5) is 24.5 Å². The van der Waals surface area contributed by atoms with Crippen molar-refractivity contribution < 1.29 is 35.8 Å².